The van der Waals surface area contributed by atoms with E-state index in [0.717, 1.165) is 43.8 Å². The average Bonchev–Trinajstić information content (AvgIpc) is 2.59. The molecule has 25 heavy (non-hydrogen) atoms. The standard InChI is InChI=1S/C19H30FN3O2/c1-4-21-18(22-14-19(24)10-6-5-7-11-19)23(2)13-15-8-9-17(25-3)16(20)12-15/h8-9,12,24H,4-7,10-11,13-14H2,1-3H3,(H,21,22). The molecule has 0 amide bonds. The number of hydrogen-bond donors (Lipinski definition) is 2. The van der Waals surface area contributed by atoms with E-state index in [0.29, 0.717) is 13.1 Å². The van der Waals surface area contributed by atoms with Gasteiger partial charge in [0.15, 0.2) is 17.5 Å². The molecule has 6 heteroatoms. The molecule has 0 aliphatic heterocycles. The first-order valence-corrected chi connectivity index (χ1v) is 9.01. The number of benzene rings is 1. The Morgan fingerprint density at radius 3 is 2.68 bits per heavy atom. The van der Waals surface area contributed by atoms with Crippen LogP contribution in [0.1, 0.15) is 44.6 Å². The molecule has 0 radical (unpaired) electrons. The van der Waals surface area contributed by atoms with Crippen LogP contribution in [0.4, 0.5) is 4.39 Å². The van der Waals surface area contributed by atoms with E-state index in [-0.39, 0.29) is 11.6 Å². The van der Waals surface area contributed by atoms with Gasteiger partial charge in [-0.25, -0.2) is 4.39 Å². The molecule has 140 valence electrons. The summed E-state index contributed by atoms with van der Waals surface area (Å²) in [4.78, 5) is 6.57. The summed E-state index contributed by atoms with van der Waals surface area (Å²) in [6.45, 7) is 3.66. The Balaban J connectivity index is 2.04. The highest BCUT2D eigenvalue weighted by Crippen LogP contribution is 2.28. The van der Waals surface area contributed by atoms with Gasteiger partial charge in [0.2, 0.25) is 0 Å². The van der Waals surface area contributed by atoms with Crippen molar-refractivity contribution in [1.29, 1.82) is 0 Å². The zero-order valence-corrected chi connectivity index (χ0v) is 15.5. The van der Waals surface area contributed by atoms with Crippen LogP contribution in [0.5, 0.6) is 5.75 Å². The van der Waals surface area contributed by atoms with Gasteiger partial charge in [-0.2, -0.15) is 0 Å². The number of methoxy groups -OCH3 is 1. The second kappa shape index (κ2) is 9.04. The lowest BCUT2D eigenvalue weighted by Gasteiger charge is -2.31. The number of nitrogens with zero attached hydrogens (tertiary/aromatic N) is 2. The van der Waals surface area contributed by atoms with Crippen molar-refractivity contribution >= 4 is 5.96 Å². The molecule has 1 aromatic carbocycles. The molecule has 0 spiro atoms. The summed E-state index contributed by atoms with van der Waals surface area (Å²) in [6, 6.07) is 4.96. The third-order valence-electron chi connectivity index (χ3n) is 4.64. The molecular formula is C19H30FN3O2. The number of rotatable bonds is 6. The summed E-state index contributed by atoms with van der Waals surface area (Å²) >= 11 is 0. The summed E-state index contributed by atoms with van der Waals surface area (Å²) in [5, 5.41) is 13.9. The van der Waals surface area contributed by atoms with Gasteiger partial charge >= 0.3 is 0 Å². The number of halogens is 1. The quantitative estimate of drug-likeness (QED) is 0.611. The highest BCUT2D eigenvalue weighted by Gasteiger charge is 2.29. The van der Waals surface area contributed by atoms with Gasteiger partial charge in [-0.05, 0) is 37.5 Å². The van der Waals surface area contributed by atoms with Crippen molar-refractivity contribution < 1.29 is 14.2 Å². The SMILES string of the molecule is CCNC(=NCC1(O)CCCCC1)N(C)Cc1ccc(OC)c(F)c1. The maximum atomic E-state index is 13.9. The second-order valence-electron chi connectivity index (χ2n) is 6.78. The number of aliphatic hydroxyl groups is 1. The summed E-state index contributed by atoms with van der Waals surface area (Å²) in [5.41, 5.74) is 0.147. The molecule has 0 heterocycles. The van der Waals surface area contributed by atoms with Crippen LogP contribution in [0, 0.1) is 5.82 Å². The van der Waals surface area contributed by atoms with Crippen molar-refractivity contribution in [3.05, 3.63) is 29.6 Å². The molecule has 1 aliphatic carbocycles. The maximum absolute atomic E-state index is 13.9. The number of hydrogen-bond acceptors (Lipinski definition) is 3. The average molecular weight is 351 g/mol. The molecule has 0 unspecified atom stereocenters. The number of nitrogens with one attached hydrogen (secondary N) is 1. The van der Waals surface area contributed by atoms with Gasteiger partial charge in [0.1, 0.15) is 0 Å². The molecule has 0 bridgehead atoms. The van der Waals surface area contributed by atoms with E-state index in [1.165, 1.54) is 19.6 Å². The fourth-order valence-corrected chi connectivity index (χ4v) is 3.22. The van der Waals surface area contributed by atoms with E-state index in [2.05, 4.69) is 10.3 Å². The van der Waals surface area contributed by atoms with Crippen molar-refractivity contribution in [3.8, 4) is 5.75 Å². The smallest absolute Gasteiger partial charge is 0.194 e. The minimum absolute atomic E-state index is 0.242. The molecule has 1 fully saturated rings. The lowest BCUT2D eigenvalue weighted by molar-refractivity contribution is 0.0130. The Kier molecular flexibility index (Phi) is 7.05. The van der Waals surface area contributed by atoms with E-state index in [1.54, 1.807) is 6.07 Å². The van der Waals surface area contributed by atoms with Crippen molar-refractivity contribution in [2.24, 2.45) is 4.99 Å². The molecule has 1 aliphatic rings. The zero-order valence-electron chi connectivity index (χ0n) is 15.5. The predicted octanol–water partition coefficient (Wildman–Crippen LogP) is 2.93. The molecule has 0 atom stereocenters. The highest BCUT2D eigenvalue weighted by molar-refractivity contribution is 5.79. The Morgan fingerprint density at radius 2 is 2.08 bits per heavy atom. The van der Waals surface area contributed by atoms with Gasteiger partial charge in [0.05, 0.1) is 19.3 Å². The molecule has 2 rings (SSSR count). The minimum Gasteiger partial charge on any atom is -0.494 e. The van der Waals surface area contributed by atoms with Gasteiger partial charge in [-0.3, -0.25) is 4.99 Å². The van der Waals surface area contributed by atoms with Crippen molar-refractivity contribution in [2.75, 3.05) is 27.2 Å². The molecular weight excluding hydrogens is 321 g/mol. The fraction of sp³-hybridized carbons (Fsp3) is 0.632. The third-order valence-corrected chi connectivity index (χ3v) is 4.64. The van der Waals surface area contributed by atoms with E-state index >= 15 is 0 Å². The van der Waals surface area contributed by atoms with Crippen LogP contribution >= 0.6 is 0 Å². The second-order valence-corrected chi connectivity index (χ2v) is 6.78. The normalized spacial score (nSPS) is 17.2. The molecule has 1 saturated carbocycles. The number of aliphatic imine (C=N–C) groups is 1. The summed E-state index contributed by atoms with van der Waals surface area (Å²) in [5.74, 6) is 0.594. The van der Waals surface area contributed by atoms with Crippen LogP contribution in [-0.2, 0) is 6.54 Å². The van der Waals surface area contributed by atoms with E-state index < -0.39 is 5.60 Å². The Morgan fingerprint density at radius 1 is 1.36 bits per heavy atom. The lowest BCUT2D eigenvalue weighted by atomic mass is 9.85. The molecule has 0 aromatic heterocycles. The van der Waals surface area contributed by atoms with Crippen LogP contribution < -0.4 is 10.1 Å². The number of guanidine groups is 1. The van der Waals surface area contributed by atoms with Crippen LogP contribution in [-0.4, -0.2) is 48.8 Å². The van der Waals surface area contributed by atoms with Gasteiger partial charge in [0, 0.05) is 20.1 Å². The van der Waals surface area contributed by atoms with Crippen LogP contribution in [0.2, 0.25) is 0 Å². The summed E-state index contributed by atoms with van der Waals surface area (Å²) in [7, 11) is 3.37. The fourth-order valence-electron chi connectivity index (χ4n) is 3.22. The molecule has 5 nitrogen and oxygen atoms in total. The van der Waals surface area contributed by atoms with Crippen LogP contribution in [0.3, 0.4) is 0 Å². The maximum Gasteiger partial charge on any atom is 0.194 e. The first-order valence-electron chi connectivity index (χ1n) is 9.01. The lowest BCUT2D eigenvalue weighted by Crippen LogP contribution is -2.41. The summed E-state index contributed by atoms with van der Waals surface area (Å²) in [6.07, 6.45) is 4.93. The van der Waals surface area contributed by atoms with E-state index in [4.69, 9.17) is 4.74 Å². The van der Waals surface area contributed by atoms with Crippen molar-refractivity contribution in [1.82, 2.24) is 10.2 Å². The van der Waals surface area contributed by atoms with Gasteiger partial charge in [0.25, 0.3) is 0 Å². The van der Waals surface area contributed by atoms with Crippen molar-refractivity contribution in [2.45, 2.75) is 51.2 Å². The highest BCUT2D eigenvalue weighted by atomic mass is 19.1. The van der Waals surface area contributed by atoms with Gasteiger partial charge < -0.3 is 20.1 Å². The predicted molar refractivity (Wildman–Crippen MR) is 98.4 cm³/mol. The molecule has 1 aromatic rings. The molecule has 2 N–H and O–H groups in total. The Hall–Kier alpha value is -1.82. The number of ether oxygens (including phenoxy) is 1. The first-order chi connectivity index (χ1) is 12.0. The summed E-state index contributed by atoms with van der Waals surface area (Å²) < 4.78 is 18.8. The van der Waals surface area contributed by atoms with E-state index in [1.807, 2.05) is 24.9 Å². The van der Waals surface area contributed by atoms with Gasteiger partial charge in [-0.15, -0.1) is 0 Å². The topological polar surface area (TPSA) is 57.1 Å². The molecule has 0 saturated heterocycles. The van der Waals surface area contributed by atoms with Crippen molar-refractivity contribution in [3.63, 3.8) is 0 Å². The zero-order chi connectivity index (χ0) is 18.3. The van der Waals surface area contributed by atoms with Crippen LogP contribution in [0.25, 0.3) is 0 Å². The third kappa shape index (κ3) is 5.59. The van der Waals surface area contributed by atoms with Gasteiger partial charge in [-0.1, -0.05) is 25.3 Å². The Bertz CT molecular complexity index is 586. The Labute approximate surface area is 149 Å². The minimum atomic E-state index is -0.689. The largest absolute Gasteiger partial charge is 0.494 e. The van der Waals surface area contributed by atoms with Crippen LogP contribution in [0.15, 0.2) is 23.2 Å². The first kappa shape index (κ1) is 19.5. The monoisotopic (exact) mass is 351 g/mol. The van der Waals surface area contributed by atoms with E-state index in [9.17, 15) is 9.50 Å².